The number of thiophene rings is 1. The fraction of sp³-hybridized carbons (Fsp3) is 0.227. The number of oxazole rings is 1. The molecule has 0 saturated carbocycles. The SMILES string of the molecule is COc1cnc(-c2csc(NC(=O)c3nc4ccccc4o3)c2C(=O)OC(C)(C)C)cn1. The van der Waals surface area contributed by atoms with Gasteiger partial charge >= 0.3 is 11.9 Å². The number of esters is 1. The van der Waals surface area contributed by atoms with Crippen LogP contribution in [-0.2, 0) is 4.74 Å². The molecule has 0 aliphatic heterocycles. The molecule has 10 heteroatoms. The Bertz CT molecular complexity index is 1250. The number of fused-ring (bicyclic) bond motifs is 1. The van der Waals surface area contributed by atoms with Gasteiger partial charge in [0.1, 0.15) is 21.7 Å². The molecule has 9 nitrogen and oxygen atoms in total. The molecule has 0 aliphatic rings. The molecular weight excluding hydrogens is 432 g/mol. The number of nitrogens with one attached hydrogen (secondary N) is 1. The first kappa shape index (κ1) is 21.4. The van der Waals surface area contributed by atoms with E-state index in [4.69, 9.17) is 13.9 Å². The number of para-hydroxylation sites is 2. The summed E-state index contributed by atoms with van der Waals surface area (Å²) in [5.74, 6) is -0.952. The van der Waals surface area contributed by atoms with Crippen LogP contribution in [0.1, 0.15) is 41.8 Å². The van der Waals surface area contributed by atoms with E-state index < -0.39 is 17.5 Å². The average Bonchev–Trinajstić information content (AvgIpc) is 3.37. The van der Waals surface area contributed by atoms with Crippen molar-refractivity contribution in [2.75, 3.05) is 12.4 Å². The predicted octanol–water partition coefficient (Wildman–Crippen LogP) is 4.56. The van der Waals surface area contributed by atoms with Crippen LogP contribution in [0.3, 0.4) is 0 Å². The molecule has 1 N–H and O–H groups in total. The van der Waals surface area contributed by atoms with Crippen molar-refractivity contribution in [2.24, 2.45) is 0 Å². The van der Waals surface area contributed by atoms with Crippen molar-refractivity contribution in [3.05, 3.63) is 53.5 Å². The number of ether oxygens (including phenoxy) is 2. The fourth-order valence-electron chi connectivity index (χ4n) is 2.86. The smallest absolute Gasteiger partial charge is 0.342 e. The molecule has 164 valence electrons. The van der Waals surface area contributed by atoms with Crippen molar-refractivity contribution in [3.8, 4) is 17.1 Å². The van der Waals surface area contributed by atoms with Gasteiger partial charge in [0.15, 0.2) is 5.58 Å². The van der Waals surface area contributed by atoms with Gasteiger partial charge in [-0.3, -0.25) is 4.79 Å². The zero-order chi connectivity index (χ0) is 22.9. The molecule has 4 aromatic rings. The minimum absolute atomic E-state index is 0.111. The fourth-order valence-corrected chi connectivity index (χ4v) is 3.79. The van der Waals surface area contributed by atoms with Crippen LogP contribution in [0.25, 0.3) is 22.4 Å². The number of aromatic nitrogens is 3. The summed E-state index contributed by atoms with van der Waals surface area (Å²) in [6.45, 7) is 5.29. The number of hydrogen-bond acceptors (Lipinski definition) is 9. The van der Waals surface area contributed by atoms with Gasteiger partial charge in [0, 0.05) is 10.9 Å². The number of nitrogens with zero attached hydrogens (tertiary/aromatic N) is 3. The standard InChI is InChI=1S/C22H20N4O5S/c1-22(2,3)31-21(28)17-12(14-9-24-16(29-4)10-23-14)11-32-20(17)26-18(27)19-25-13-7-5-6-8-15(13)30-19/h5-11H,1-4H3,(H,26,27). The Morgan fingerprint density at radius 3 is 2.56 bits per heavy atom. The van der Waals surface area contributed by atoms with Crippen LogP contribution >= 0.6 is 11.3 Å². The Morgan fingerprint density at radius 1 is 1.12 bits per heavy atom. The number of rotatable bonds is 5. The van der Waals surface area contributed by atoms with Crippen LogP contribution in [0.2, 0.25) is 0 Å². The summed E-state index contributed by atoms with van der Waals surface area (Å²) in [6, 6.07) is 7.05. The van der Waals surface area contributed by atoms with Gasteiger partial charge in [-0.2, -0.15) is 0 Å². The maximum atomic E-state index is 13.0. The highest BCUT2D eigenvalue weighted by Gasteiger charge is 2.28. The maximum Gasteiger partial charge on any atom is 0.342 e. The molecule has 0 unspecified atom stereocenters. The summed E-state index contributed by atoms with van der Waals surface area (Å²) in [5, 5.41) is 4.71. The van der Waals surface area contributed by atoms with Crippen molar-refractivity contribution < 1.29 is 23.5 Å². The third kappa shape index (κ3) is 4.45. The first-order valence-corrected chi connectivity index (χ1v) is 10.5. The molecule has 0 radical (unpaired) electrons. The van der Waals surface area contributed by atoms with Gasteiger partial charge in [0.05, 0.1) is 25.2 Å². The monoisotopic (exact) mass is 452 g/mol. The normalized spacial score (nSPS) is 11.4. The lowest BCUT2D eigenvalue weighted by atomic mass is 10.1. The Balaban J connectivity index is 1.71. The summed E-state index contributed by atoms with van der Waals surface area (Å²) in [7, 11) is 1.49. The molecule has 3 aromatic heterocycles. The van der Waals surface area contributed by atoms with Crippen LogP contribution in [0.5, 0.6) is 5.88 Å². The van der Waals surface area contributed by atoms with E-state index in [1.165, 1.54) is 19.5 Å². The molecule has 1 aromatic carbocycles. The van der Waals surface area contributed by atoms with E-state index in [-0.39, 0.29) is 11.5 Å². The summed E-state index contributed by atoms with van der Waals surface area (Å²) >= 11 is 1.16. The maximum absolute atomic E-state index is 13.0. The van der Waals surface area contributed by atoms with E-state index >= 15 is 0 Å². The Kier molecular flexibility index (Phi) is 5.62. The van der Waals surface area contributed by atoms with Gasteiger partial charge < -0.3 is 19.2 Å². The van der Waals surface area contributed by atoms with E-state index in [2.05, 4.69) is 20.3 Å². The predicted molar refractivity (Wildman–Crippen MR) is 119 cm³/mol. The van der Waals surface area contributed by atoms with E-state index in [0.29, 0.717) is 33.2 Å². The van der Waals surface area contributed by atoms with Crippen molar-refractivity contribution in [2.45, 2.75) is 26.4 Å². The number of amides is 1. The zero-order valence-corrected chi connectivity index (χ0v) is 18.6. The van der Waals surface area contributed by atoms with Crippen LogP contribution < -0.4 is 10.1 Å². The topological polar surface area (TPSA) is 116 Å². The Hall–Kier alpha value is -3.79. The van der Waals surface area contributed by atoms with Crippen LogP contribution in [0.15, 0.2) is 46.5 Å². The first-order valence-electron chi connectivity index (χ1n) is 9.63. The van der Waals surface area contributed by atoms with E-state index in [1.54, 1.807) is 50.4 Å². The first-order chi connectivity index (χ1) is 15.2. The molecule has 3 heterocycles. The van der Waals surface area contributed by atoms with Crippen molar-refractivity contribution in [1.29, 1.82) is 0 Å². The minimum Gasteiger partial charge on any atom is -0.480 e. The Labute approximate surface area is 187 Å². The molecule has 0 atom stereocenters. The number of methoxy groups -OCH3 is 1. The molecule has 0 bridgehead atoms. The Morgan fingerprint density at radius 2 is 1.91 bits per heavy atom. The summed E-state index contributed by atoms with van der Waals surface area (Å²) in [4.78, 5) is 38.5. The summed E-state index contributed by atoms with van der Waals surface area (Å²) < 4.78 is 16.1. The number of carbonyl (C=O) groups excluding carboxylic acids is 2. The van der Waals surface area contributed by atoms with Gasteiger partial charge in [-0.15, -0.1) is 11.3 Å². The van der Waals surface area contributed by atoms with E-state index in [0.717, 1.165) is 11.3 Å². The zero-order valence-electron chi connectivity index (χ0n) is 17.8. The highest BCUT2D eigenvalue weighted by molar-refractivity contribution is 7.15. The van der Waals surface area contributed by atoms with Crippen molar-refractivity contribution >= 4 is 39.3 Å². The van der Waals surface area contributed by atoms with Gasteiger partial charge in [-0.1, -0.05) is 12.1 Å². The molecule has 4 rings (SSSR count). The number of hydrogen-bond donors (Lipinski definition) is 1. The van der Waals surface area contributed by atoms with Crippen molar-refractivity contribution in [1.82, 2.24) is 15.0 Å². The minimum atomic E-state index is -0.733. The molecule has 1 amide bonds. The lowest BCUT2D eigenvalue weighted by Crippen LogP contribution is -2.25. The second kappa shape index (κ2) is 8.39. The molecule has 0 fully saturated rings. The third-order valence-corrected chi connectivity index (χ3v) is 5.12. The molecular formula is C22H20N4O5S. The highest BCUT2D eigenvalue weighted by atomic mass is 32.1. The molecule has 32 heavy (non-hydrogen) atoms. The summed E-state index contributed by atoms with van der Waals surface area (Å²) in [6.07, 6.45) is 2.93. The van der Waals surface area contributed by atoms with Gasteiger partial charge in [-0.25, -0.2) is 19.7 Å². The van der Waals surface area contributed by atoms with Crippen LogP contribution in [0, 0.1) is 0 Å². The lowest BCUT2D eigenvalue weighted by molar-refractivity contribution is 0.00721. The number of benzene rings is 1. The molecule has 0 aliphatic carbocycles. The van der Waals surface area contributed by atoms with Gasteiger partial charge in [0.25, 0.3) is 5.89 Å². The van der Waals surface area contributed by atoms with E-state index in [9.17, 15) is 9.59 Å². The van der Waals surface area contributed by atoms with Gasteiger partial charge in [0.2, 0.25) is 5.88 Å². The molecule has 0 spiro atoms. The van der Waals surface area contributed by atoms with Crippen LogP contribution in [0.4, 0.5) is 5.00 Å². The second-order valence-corrected chi connectivity index (χ2v) is 8.62. The number of anilines is 1. The number of carbonyl (C=O) groups is 2. The largest absolute Gasteiger partial charge is 0.480 e. The highest BCUT2D eigenvalue weighted by Crippen LogP contribution is 2.36. The molecule has 0 saturated heterocycles. The third-order valence-electron chi connectivity index (χ3n) is 4.22. The summed E-state index contributed by atoms with van der Waals surface area (Å²) in [5.41, 5.74) is 1.41. The second-order valence-electron chi connectivity index (χ2n) is 7.74. The van der Waals surface area contributed by atoms with E-state index in [1.807, 2.05) is 0 Å². The van der Waals surface area contributed by atoms with Gasteiger partial charge in [-0.05, 0) is 32.9 Å². The average molecular weight is 452 g/mol. The lowest BCUT2D eigenvalue weighted by Gasteiger charge is -2.20. The van der Waals surface area contributed by atoms with Crippen molar-refractivity contribution in [3.63, 3.8) is 0 Å². The van der Waals surface area contributed by atoms with Crippen LogP contribution in [-0.4, -0.2) is 39.5 Å². The quantitative estimate of drug-likeness (QED) is 0.438.